The van der Waals surface area contributed by atoms with E-state index in [1.54, 1.807) is 19.1 Å². The number of alkyl halides is 3. The lowest BCUT2D eigenvalue weighted by Crippen LogP contribution is -2.47. The van der Waals surface area contributed by atoms with Crippen molar-refractivity contribution in [3.8, 4) is 0 Å². The van der Waals surface area contributed by atoms with Crippen LogP contribution in [0.2, 0.25) is 5.02 Å². The van der Waals surface area contributed by atoms with Gasteiger partial charge in [0.15, 0.2) is 0 Å². The maximum Gasteiger partial charge on any atom is 0.490 e. The second-order valence-corrected chi connectivity index (χ2v) is 8.08. The van der Waals surface area contributed by atoms with Crippen molar-refractivity contribution in [2.75, 3.05) is 41.3 Å². The van der Waals surface area contributed by atoms with Gasteiger partial charge in [0.25, 0.3) is 0 Å². The number of benzene rings is 2. The molecule has 0 atom stereocenters. The van der Waals surface area contributed by atoms with Crippen molar-refractivity contribution >= 4 is 46.5 Å². The molecular formula is C23H25ClF3N3O5. The third-order valence-corrected chi connectivity index (χ3v) is 5.44. The molecule has 0 aromatic heterocycles. The van der Waals surface area contributed by atoms with E-state index in [9.17, 15) is 27.9 Å². The number of aliphatic carboxylic acids is 1. The molecule has 3 N–H and O–H groups in total. The van der Waals surface area contributed by atoms with Crippen molar-refractivity contribution in [2.24, 2.45) is 0 Å². The Hall–Kier alpha value is -3.47. The van der Waals surface area contributed by atoms with Crippen molar-refractivity contribution in [1.29, 1.82) is 0 Å². The molecule has 1 amide bonds. The molecule has 12 heteroatoms. The maximum absolute atomic E-state index is 11.8. The molecule has 1 aliphatic heterocycles. The Morgan fingerprint density at radius 2 is 1.51 bits per heavy atom. The summed E-state index contributed by atoms with van der Waals surface area (Å²) in [5.74, 6) is -3.90. The number of amides is 1. The molecule has 2 aromatic carbocycles. The van der Waals surface area contributed by atoms with E-state index in [1.165, 1.54) is 11.6 Å². The minimum Gasteiger partial charge on any atom is -0.478 e. The summed E-state index contributed by atoms with van der Waals surface area (Å²) in [6, 6.07) is 10.9. The van der Waals surface area contributed by atoms with Gasteiger partial charge in [-0.2, -0.15) is 13.2 Å². The Labute approximate surface area is 204 Å². The number of carbonyl (C=O) groups excluding carboxylic acids is 1. The molecule has 1 saturated heterocycles. The number of hydrogen-bond donors (Lipinski definition) is 3. The smallest absolute Gasteiger partial charge is 0.478 e. The molecule has 0 spiro atoms. The van der Waals surface area contributed by atoms with Crippen molar-refractivity contribution in [3.63, 3.8) is 0 Å². The van der Waals surface area contributed by atoms with Gasteiger partial charge >= 0.3 is 18.1 Å². The van der Waals surface area contributed by atoms with E-state index in [4.69, 9.17) is 21.5 Å². The quantitative estimate of drug-likeness (QED) is 0.531. The molecule has 0 aliphatic carbocycles. The average Bonchev–Trinajstić information content (AvgIpc) is 2.80. The van der Waals surface area contributed by atoms with Gasteiger partial charge in [0.05, 0.1) is 11.3 Å². The number of piperazine rings is 1. The highest BCUT2D eigenvalue weighted by molar-refractivity contribution is 6.30. The van der Waals surface area contributed by atoms with Gasteiger partial charge in [-0.15, -0.1) is 0 Å². The number of hydrogen-bond acceptors (Lipinski definition) is 5. The molecule has 1 fully saturated rings. The van der Waals surface area contributed by atoms with Gasteiger partial charge in [-0.3, -0.25) is 4.79 Å². The minimum atomic E-state index is -5.08. The number of halogens is 4. The summed E-state index contributed by atoms with van der Waals surface area (Å²) in [5, 5.41) is 20.2. The number of carbonyl (C=O) groups is 3. The minimum absolute atomic E-state index is 0.144. The number of aromatic carboxylic acids is 1. The number of rotatable bonds is 5. The van der Waals surface area contributed by atoms with Crippen molar-refractivity contribution in [1.82, 2.24) is 0 Å². The molecule has 0 radical (unpaired) electrons. The number of anilines is 3. The van der Waals surface area contributed by atoms with E-state index in [1.807, 2.05) is 18.2 Å². The first-order valence-electron chi connectivity index (χ1n) is 10.6. The van der Waals surface area contributed by atoms with Crippen LogP contribution in [0.3, 0.4) is 0 Å². The van der Waals surface area contributed by atoms with Crippen LogP contribution in [-0.2, 0) is 9.59 Å². The fraction of sp³-hybridized carbons (Fsp3) is 0.348. The van der Waals surface area contributed by atoms with Gasteiger partial charge in [-0.05, 0) is 42.8 Å². The molecule has 1 heterocycles. The molecule has 35 heavy (non-hydrogen) atoms. The fourth-order valence-electron chi connectivity index (χ4n) is 3.42. The second-order valence-electron chi connectivity index (χ2n) is 7.65. The van der Waals surface area contributed by atoms with Crippen LogP contribution in [0, 0.1) is 6.92 Å². The molecule has 0 bridgehead atoms. The standard InChI is InChI=1S/C21H24ClN3O3.C2HF3O2/c1-3-20(26)23-16-6-7-18(17(13-16)21(27)28)24-8-10-25(11-9-24)19-12-15(22)5-4-14(19)2;3-2(4,5)1(6)7/h4-7,12-13H,3,8-11H2,1-2H3,(H,23,26)(H,27,28);(H,6,7). The molecule has 190 valence electrons. The molecule has 8 nitrogen and oxygen atoms in total. The summed E-state index contributed by atoms with van der Waals surface area (Å²) < 4.78 is 31.7. The Bertz CT molecular complexity index is 1090. The summed E-state index contributed by atoms with van der Waals surface area (Å²) in [7, 11) is 0. The van der Waals surface area contributed by atoms with Crippen LogP contribution in [-0.4, -0.2) is 60.4 Å². The highest BCUT2D eigenvalue weighted by Crippen LogP contribution is 2.29. The van der Waals surface area contributed by atoms with E-state index in [2.05, 4.69) is 22.0 Å². The fourth-order valence-corrected chi connectivity index (χ4v) is 3.59. The Kier molecular flexibility index (Phi) is 9.35. The van der Waals surface area contributed by atoms with Gasteiger partial charge in [-0.1, -0.05) is 24.6 Å². The van der Waals surface area contributed by atoms with E-state index in [-0.39, 0.29) is 11.5 Å². The van der Waals surface area contributed by atoms with Gasteiger partial charge in [0, 0.05) is 49.0 Å². The molecule has 3 rings (SSSR count). The average molecular weight is 516 g/mol. The molecule has 2 aromatic rings. The lowest BCUT2D eigenvalue weighted by Gasteiger charge is -2.38. The van der Waals surface area contributed by atoms with Crippen LogP contribution in [0.25, 0.3) is 0 Å². The Balaban J connectivity index is 0.000000540. The van der Waals surface area contributed by atoms with Crippen LogP contribution >= 0.6 is 11.6 Å². The van der Waals surface area contributed by atoms with E-state index < -0.39 is 18.1 Å². The number of carboxylic acids is 2. The summed E-state index contributed by atoms with van der Waals surface area (Å²) in [6.07, 6.45) is -4.74. The van der Waals surface area contributed by atoms with Crippen LogP contribution in [0.15, 0.2) is 36.4 Å². The predicted octanol–water partition coefficient (Wildman–Crippen LogP) is 4.66. The first-order chi connectivity index (χ1) is 16.3. The Morgan fingerprint density at radius 3 is 2.00 bits per heavy atom. The van der Waals surface area contributed by atoms with Crippen molar-refractivity contribution in [2.45, 2.75) is 26.4 Å². The lowest BCUT2D eigenvalue weighted by molar-refractivity contribution is -0.192. The van der Waals surface area contributed by atoms with Crippen LogP contribution in [0.5, 0.6) is 0 Å². The summed E-state index contributed by atoms with van der Waals surface area (Å²) in [4.78, 5) is 36.6. The number of aryl methyl sites for hydroxylation is 1. The molecule has 0 saturated carbocycles. The highest BCUT2D eigenvalue weighted by Gasteiger charge is 2.38. The third-order valence-electron chi connectivity index (χ3n) is 5.21. The number of nitrogens with one attached hydrogen (secondary N) is 1. The van der Waals surface area contributed by atoms with Crippen LogP contribution < -0.4 is 15.1 Å². The summed E-state index contributed by atoms with van der Waals surface area (Å²) >= 11 is 6.15. The first-order valence-corrected chi connectivity index (χ1v) is 10.9. The lowest BCUT2D eigenvalue weighted by atomic mass is 10.1. The topological polar surface area (TPSA) is 110 Å². The molecule has 1 aliphatic rings. The SMILES string of the molecule is CCC(=O)Nc1ccc(N2CCN(c3cc(Cl)ccc3C)CC2)c(C(=O)O)c1.O=C(O)C(F)(F)F. The molecular weight excluding hydrogens is 491 g/mol. The number of nitrogens with zero attached hydrogens (tertiary/aromatic N) is 2. The molecule has 0 unspecified atom stereocenters. The highest BCUT2D eigenvalue weighted by atomic mass is 35.5. The predicted molar refractivity (Wildman–Crippen MR) is 127 cm³/mol. The number of carboxylic acid groups (broad SMARTS) is 2. The summed E-state index contributed by atoms with van der Waals surface area (Å²) in [6.45, 7) is 6.76. The third kappa shape index (κ3) is 7.78. The van der Waals surface area contributed by atoms with Gasteiger partial charge in [0.2, 0.25) is 5.91 Å². The van der Waals surface area contributed by atoms with Crippen molar-refractivity contribution in [3.05, 3.63) is 52.5 Å². The Morgan fingerprint density at radius 1 is 0.971 bits per heavy atom. The van der Waals surface area contributed by atoms with E-state index in [0.29, 0.717) is 35.9 Å². The normalized spacial score (nSPS) is 13.5. The van der Waals surface area contributed by atoms with Gasteiger partial charge in [-0.25, -0.2) is 9.59 Å². The largest absolute Gasteiger partial charge is 0.490 e. The van der Waals surface area contributed by atoms with Gasteiger partial charge in [0.1, 0.15) is 0 Å². The van der Waals surface area contributed by atoms with Crippen molar-refractivity contribution < 1.29 is 37.8 Å². The maximum atomic E-state index is 11.8. The van der Waals surface area contributed by atoms with E-state index in [0.717, 1.165) is 18.8 Å². The van der Waals surface area contributed by atoms with Crippen LogP contribution in [0.4, 0.5) is 30.2 Å². The zero-order valence-electron chi connectivity index (χ0n) is 19.0. The van der Waals surface area contributed by atoms with Gasteiger partial charge < -0.3 is 25.3 Å². The monoisotopic (exact) mass is 515 g/mol. The zero-order valence-corrected chi connectivity index (χ0v) is 19.8. The van der Waals surface area contributed by atoms with E-state index >= 15 is 0 Å². The summed E-state index contributed by atoms with van der Waals surface area (Å²) in [5.41, 5.74) is 3.65. The second kappa shape index (κ2) is 11.8. The van der Waals surface area contributed by atoms with Crippen LogP contribution in [0.1, 0.15) is 29.3 Å². The first kappa shape index (κ1) is 27.8. The zero-order chi connectivity index (χ0) is 26.3.